The van der Waals surface area contributed by atoms with Crippen LogP contribution in [0.4, 0.5) is 0 Å². The molecule has 0 fully saturated rings. The van der Waals surface area contributed by atoms with E-state index in [-0.39, 0.29) is 23.8 Å². The molecule has 7 nitrogen and oxygen atoms in total. The highest BCUT2D eigenvalue weighted by atomic mass is 32.2. The summed E-state index contributed by atoms with van der Waals surface area (Å²) < 4.78 is 38.9. The molecule has 0 spiro atoms. The Hall–Kier alpha value is -2.58. The van der Waals surface area contributed by atoms with Crippen molar-refractivity contribution >= 4 is 15.9 Å². The Labute approximate surface area is 178 Å². The number of aryl methyl sites for hydroxylation is 2. The van der Waals surface area contributed by atoms with Crippen molar-refractivity contribution in [2.45, 2.75) is 38.6 Å². The van der Waals surface area contributed by atoms with E-state index in [1.165, 1.54) is 0 Å². The fourth-order valence-corrected chi connectivity index (χ4v) is 4.67. The maximum Gasteiger partial charge on any atom is 0.240 e. The number of amides is 1. The van der Waals surface area contributed by atoms with Gasteiger partial charge in [0.1, 0.15) is 13.2 Å². The molecule has 0 saturated heterocycles. The second-order valence-electron chi connectivity index (χ2n) is 7.30. The van der Waals surface area contributed by atoms with Crippen molar-refractivity contribution < 1.29 is 22.7 Å². The number of rotatable bonds is 8. The number of ether oxygens (including phenoxy) is 2. The normalized spacial score (nSPS) is 13.2. The smallest absolute Gasteiger partial charge is 0.240 e. The van der Waals surface area contributed by atoms with Gasteiger partial charge in [-0.3, -0.25) is 4.79 Å². The summed E-state index contributed by atoms with van der Waals surface area (Å²) in [6.07, 6.45) is 0.0858. The SMILES string of the molecule is CCN(Cc1ccc2c(c1)OCCO2)C(=O)CCNS(=O)(=O)c1cc(C)ccc1C. The van der Waals surface area contributed by atoms with E-state index < -0.39 is 10.0 Å². The Bertz CT molecular complexity index is 1020. The van der Waals surface area contributed by atoms with Gasteiger partial charge in [-0.1, -0.05) is 18.2 Å². The molecule has 2 aromatic rings. The van der Waals surface area contributed by atoms with Gasteiger partial charge < -0.3 is 14.4 Å². The van der Waals surface area contributed by atoms with Crippen LogP contribution in [0, 0.1) is 13.8 Å². The summed E-state index contributed by atoms with van der Waals surface area (Å²) >= 11 is 0. The van der Waals surface area contributed by atoms with Crippen molar-refractivity contribution in [3.8, 4) is 11.5 Å². The molecule has 0 unspecified atom stereocenters. The van der Waals surface area contributed by atoms with Gasteiger partial charge in [-0.2, -0.15) is 0 Å². The molecular weight excluding hydrogens is 404 g/mol. The van der Waals surface area contributed by atoms with Crippen LogP contribution in [0.25, 0.3) is 0 Å². The molecule has 1 aliphatic heterocycles. The first kappa shape index (κ1) is 22.1. The molecule has 0 aliphatic carbocycles. The molecule has 0 radical (unpaired) electrons. The lowest BCUT2D eigenvalue weighted by Crippen LogP contribution is -2.34. The third kappa shape index (κ3) is 5.31. The number of nitrogens with zero attached hydrogens (tertiary/aromatic N) is 1. The fraction of sp³-hybridized carbons (Fsp3) is 0.409. The molecule has 162 valence electrons. The zero-order valence-electron chi connectivity index (χ0n) is 17.6. The predicted octanol–water partition coefficient (Wildman–Crippen LogP) is 2.79. The van der Waals surface area contributed by atoms with Gasteiger partial charge in [-0.05, 0) is 55.7 Å². The van der Waals surface area contributed by atoms with Crippen LogP contribution < -0.4 is 14.2 Å². The van der Waals surface area contributed by atoms with Crippen LogP contribution in [0.2, 0.25) is 0 Å². The first-order valence-corrected chi connectivity index (χ1v) is 11.5. The van der Waals surface area contributed by atoms with Gasteiger partial charge >= 0.3 is 0 Å². The third-order valence-electron chi connectivity index (χ3n) is 4.98. The number of benzene rings is 2. The number of carbonyl (C=O) groups excluding carboxylic acids is 1. The highest BCUT2D eigenvalue weighted by molar-refractivity contribution is 7.89. The summed E-state index contributed by atoms with van der Waals surface area (Å²) in [4.78, 5) is 14.6. The quantitative estimate of drug-likeness (QED) is 0.693. The summed E-state index contributed by atoms with van der Waals surface area (Å²) in [5.74, 6) is 1.28. The molecule has 1 heterocycles. The van der Waals surface area contributed by atoms with Crippen molar-refractivity contribution in [1.82, 2.24) is 9.62 Å². The highest BCUT2D eigenvalue weighted by Gasteiger charge is 2.19. The maximum absolute atomic E-state index is 12.6. The lowest BCUT2D eigenvalue weighted by molar-refractivity contribution is -0.131. The van der Waals surface area contributed by atoms with Gasteiger partial charge in [-0.15, -0.1) is 0 Å². The molecule has 1 N–H and O–H groups in total. The van der Waals surface area contributed by atoms with Crippen LogP contribution in [0.5, 0.6) is 11.5 Å². The van der Waals surface area contributed by atoms with Gasteiger partial charge in [0.05, 0.1) is 4.90 Å². The number of fused-ring (bicyclic) bond motifs is 1. The number of sulfonamides is 1. The first-order chi connectivity index (χ1) is 14.3. The Morgan fingerprint density at radius 2 is 1.80 bits per heavy atom. The zero-order valence-corrected chi connectivity index (χ0v) is 18.4. The largest absolute Gasteiger partial charge is 0.486 e. The van der Waals surface area contributed by atoms with Crippen LogP contribution in [-0.2, 0) is 21.4 Å². The van der Waals surface area contributed by atoms with Gasteiger partial charge in [0.2, 0.25) is 15.9 Å². The molecule has 0 bridgehead atoms. The minimum Gasteiger partial charge on any atom is -0.486 e. The molecule has 3 rings (SSSR count). The highest BCUT2D eigenvalue weighted by Crippen LogP contribution is 2.31. The second kappa shape index (κ2) is 9.49. The van der Waals surface area contributed by atoms with Gasteiger partial charge in [0.15, 0.2) is 11.5 Å². The van der Waals surface area contributed by atoms with Crippen LogP contribution in [-0.4, -0.2) is 45.5 Å². The molecule has 0 atom stereocenters. The van der Waals surface area contributed by atoms with E-state index in [2.05, 4.69) is 4.72 Å². The second-order valence-corrected chi connectivity index (χ2v) is 9.04. The monoisotopic (exact) mass is 432 g/mol. The van der Waals surface area contributed by atoms with Gasteiger partial charge in [-0.25, -0.2) is 13.1 Å². The van der Waals surface area contributed by atoms with E-state index in [1.54, 1.807) is 24.0 Å². The fourth-order valence-electron chi connectivity index (χ4n) is 3.31. The Morgan fingerprint density at radius 1 is 1.07 bits per heavy atom. The maximum atomic E-state index is 12.6. The van der Waals surface area contributed by atoms with Crippen molar-refractivity contribution in [1.29, 1.82) is 0 Å². The molecule has 2 aromatic carbocycles. The Morgan fingerprint density at radius 3 is 2.53 bits per heavy atom. The minimum absolute atomic E-state index is 0.0478. The topological polar surface area (TPSA) is 84.9 Å². The zero-order chi connectivity index (χ0) is 21.7. The van der Waals surface area contributed by atoms with E-state index in [0.717, 1.165) is 11.1 Å². The number of hydrogen-bond acceptors (Lipinski definition) is 5. The van der Waals surface area contributed by atoms with Gasteiger partial charge in [0.25, 0.3) is 0 Å². The number of nitrogens with one attached hydrogen (secondary N) is 1. The molecule has 30 heavy (non-hydrogen) atoms. The van der Waals surface area contributed by atoms with Crippen molar-refractivity contribution in [3.63, 3.8) is 0 Å². The first-order valence-electron chi connectivity index (χ1n) is 10.0. The molecule has 0 saturated carbocycles. The van der Waals surface area contributed by atoms with E-state index in [1.807, 2.05) is 38.1 Å². The van der Waals surface area contributed by atoms with Crippen LogP contribution in [0.3, 0.4) is 0 Å². The van der Waals surface area contributed by atoms with E-state index in [4.69, 9.17) is 9.47 Å². The number of hydrogen-bond donors (Lipinski definition) is 1. The van der Waals surface area contributed by atoms with E-state index in [0.29, 0.717) is 43.4 Å². The van der Waals surface area contributed by atoms with Crippen LogP contribution in [0.15, 0.2) is 41.3 Å². The Kier molecular flexibility index (Phi) is 6.99. The minimum atomic E-state index is -3.66. The summed E-state index contributed by atoms with van der Waals surface area (Å²) in [7, 11) is -3.66. The van der Waals surface area contributed by atoms with E-state index >= 15 is 0 Å². The molecule has 1 amide bonds. The summed E-state index contributed by atoms with van der Waals surface area (Å²) in [6.45, 7) is 7.54. The van der Waals surface area contributed by atoms with Crippen molar-refractivity contribution in [2.75, 3.05) is 26.3 Å². The molecule has 0 aromatic heterocycles. The van der Waals surface area contributed by atoms with E-state index in [9.17, 15) is 13.2 Å². The van der Waals surface area contributed by atoms with Crippen LogP contribution >= 0.6 is 0 Å². The summed E-state index contributed by atoms with van der Waals surface area (Å²) in [5, 5.41) is 0. The van der Waals surface area contributed by atoms with Crippen LogP contribution in [0.1, 0.15) is 30.0 Å². The van der Waals surface area contributed by atoms with Crippen molar-refractivity contribution in [3.05, 3.63) is 53.1 Å². The standard InChI is InChI=1S/C22H28N2O5S/c1-4-24(15-18-7-8-19-20(14-18)29-12-11-28-19)22(25)9-10-23-30(26,27)21-13-16(2)5-6-17(21)3/h5-8,13-14,23H,4,9-12,15H2,1-3H3. The molecule has 1 aliphatic rings. The number of carbonyl (C=O) groups is 1. The van der Waals surface area contributed by atoms with Crippen molar-refractivity contribution in [2.24, 2.45) is 0 Å². The summed E-state index contributed by atoms with van der Waals surface area (Å²) in [6, 6.07) is 10.9. The average molecular weight is 433 g/mol. The lowest BCUT2D eigenvalue weighted by atomic mass is 10.1. The summed E-state index contributed by atoms with van der Waals surface area (Å²) in [5.41, 5.74) is 2.48. The predicted molar refractivity (Wildman–Crippen MR) is 114 cm³/mol. The lowest BCUT2D eigenvalue weighted by Gasteiger charge is -2.23. The average Bonchev–Trinajstić information content (AvgIpc) is 2.73. The molecule has 8 heteroatoms. The Balaban J connectivity index is 1.58. The third-order valence-corrected chi connectivity index (χ3v) is 6.58. The molecular formula is C22H28N2O5S. The van der Waals surface area contributed by atoms with Gasteiger partial charge in [0, 0.05) is 26.1 Å².